The molecule has 1 unspecified atom stereocenters. The topological polar surface area (TPSA) is 46.6 Å². The Labute approximate surface area is 71.5 Å². The van der Waals surface area contributed by atoms with Crippen molar-refractivity contribution in [2.75, 3.05) is 19.7 Å². The Morgan fingerprint density at radius 1 is 1.50 bits per heavy atom. The number of carbonyl (C=O) groups excluding carboxylic acids is 2. The van der Waals surface area contributed by atoms with Crippen molar-refractivity contribution in [1.29, 1.82) is 0 Å². The van der Waals surface area contributed by atoms with Crippen LogP contribution < -0.4 is 0 Å². The zero-order valence-electron chi connectivity index (χ0n) is 7.37. The summed E-state index contributed by atoms with van der Waals surface area (Å²) in [7, 11) is 0. The zero-order valence-corrected chi connectivity index (χ0v) is 7.37. The minimum atomic E-state index is -0.399. The normalized spacial score (nSPS) is 23.8. The molecule has 1 fully saturated rings. The summed E-state index contributed by atoms with van der Waals surface area (Å²) >= 11 is 0. The third-order valence-corrected chi connectivity index (χ3v) is 1.83. The lowest BCUT2D eigenvalue weighted by molar-refractivity contribution is -0.148. The molecule has 0 N–H and O–H groups in total. The summed E-state index contributed by atoms with van der Waals surface area (Å²) in [5, 5.41) is 0. The average molecular weight is 171 g/mol. The van der Waals surface area contributed by atoms with Crippen molar-refractivity contribution >= 4 is 11.7 Å². The molecule has 1 aliphatic heterocycles. The molecule has 12 heavy (non-hydrogen) atoms. The Balaban J connectivity index is 2.51. The van der Waals surface area contributed by atoms with E-state index in [0.717, 1.165) is 0 Å². The van der Waals surface area contributed by atoms with Gasteiger partial charge in [-0.2, -0.15) is 0 Å². The molecule has 1 rings (SSSR count). The van der Waals surface area contributed by atoms with Crippen molar-refractivity contribution in [1.82, 2.24) is 4.90 Å². The number of rotatable bonds is 1. The molecule has 68 valence electrons. The summed E-state index contributed by atoms with van der Waals surface area (Å²) in [5.74, 6) is -0.797. The van der Waals surface area contributed by atoms with Gasteiger partial charge in [0.15, 0.2) is 0 Å². The summed E-state index contributed by atoms with van der Waals surface area (Å²) in [5.41, 5.74) is 0. The van der Waals surface area contributed by atoms with Crippen LogP contribution >= 0.6 is 0 Å². The predicted octanol–water partition coefficient (Wildman–Crippen LogP) is -0.177. The number of ketones is 1. The first-order valence-electron chi connectivity index (χ1n) is 4.02. The molecule has 0 saturated carbocycles. The summed E-state index contributed by atoms with van der Waals surface area (Å²) in [6, 6.07) is 0. The zero-order chi connectivity index (χ0) is 9.14. The van der Waals surface area contributed by atoms with Gasteiger partial charge >= 0.3 is 0 Å². The van der Waals surface area contributed by atoms with Crippen LogP contribution in [0.5, 0.6) is 0 Å². The molecule has 4 nitrogen and oxygen atoms in total. The Bertz CT molecular complexity index is 202. The van der Waals surface area contributed by atoms with E-state index in [1.54, 1.807) is 0 Å². The molecule has 1 aliphatic rings. The van der Waals surface area contributed by atoms with E-state index in [9.17, 15) is 9.59 Å². The molecule has 0 aliphatic carbocycles. The van der Waals surface area contributed by atoms with Gasteiger partial charge in [-0.1, -0.05) is 0 Å². The second-order valence-electron chi connectivity index (χ2n) is 2.99. The molecule has 4 heteroatoms. The van der Waals surface area contributed by atoms with E-state index in [2.05, 4.69) is 0 Å². The highest BCUT2D eigenvalue weighted by molar-refractivity contribution is 6.35. The van der Waals surface area contributed by atoms with E-state index in [1.807, 2.05) is 6.92 Å². The van der Waals surface area contributed by atoms with Crippen molar-refractivity contribution < 1.29 is 14.3 Å². The monoisotopic (exact) mass is 171 g/mol. The summed E-state index contributed by atoms with van der Waals surface area (Å²) in [6.45, 7) is 4.77. The number of carbonyl (C=O) groups is 2. The minimum absolute atomic E-state index is 0.0436. The van der Waals surface area contributed by atoms with Crippen LogP contribution in [0.4, 0.5) is 0 Å². The standard InChI is InChI=1S/C8H13NO3/c1-6-5-9(3-4-12-6)8(11)7(2)10/h6H,3-5H2,1-2H3. The Morgan fingerprint density at radius 2 is 2.17 bits per heavy atom. The molecule has 1 amide bonds. The van der Waals surface area contributed by atoms with Crippen LogP contribution in [0.25, 0.3) is 0 Å². The smallest absolute Gasteiger partial charge is 0.289 e. The number of morpholine rings is 1. The van der Waals surface area contributed by atoms with Gasteiger partial charge in [-0.15, -0.1) is 0 Å². The number of hydrogen-bond donors (Lipinski definition) is 0. The first kappa shape index (κ1) is 9.19. The van der Waals surface area contributed by atoms with Gasteiger partial charge in [0.1, 0.15) is 0 Å². The van der Waals surface area contributed by atoms with Crippen LogP contribution in [0.15, 0.2) is 0 Å². The highest BCUT2D eigenvalue weighted by Gasteiger charge is 2.23. The second kappa shape index (κ2) is 3.67. The van der Waals surface area contributed by atoms with Gasteiger partial charge in [0.05, 0.1) is 12.7 Å². The Morgan fingerprint density at radius 3 is 2.67 bits per heavy atom. The first-order valence-corrected chi connectivity index (χ1v) is 4.02. The van der Waals surface area contributed by atoms with Crippen LogP contribution in [-0.4, -0.2) is 42.4 Å². The second-order valence-corrected chi connectivity index (χ2v) is 2.99. The van der Waals surface area contributed by atoms with Crippen LogP contribution in [-0.2, 0) is 14.3 Å². The van der Waals surface area contributed by atoms with Gasteiger partial charge in [0.2, 0.25) is 5.78 Å². The van der Waals surface area contributed by atoms with Gasteiger partial charge in [0, 0.05) is 20.0 Å². The lowest BCUT2D eigenvalue weighted by atomic mass is 10.2. The van der Waals surface area contributed by atoms with E-state index < -0.39 is 11.7 Å². The quantitative estimate of drug-likeness (QED) is 0.514. The van der Waals surface area contributed by atoms with Crippen LogP contribution in [0.3, 0.4) is 0 Å². The molecular formula is C8H13NO3. The molecule has 0 spiro atoms. The molecule has 1 atom stereocenters. The fourth-order valence-corrected chi connectivity index (χ4v) is 1.23. The van der Waals surface area contributed by atoms with Gasteiger partial charge in [0.25, 0.3) is 5.91 Å². The predicted molar refractivity (Wildman–Crippen MR) is 42.7 cm³/mol. The number of ether oxygens (including phenoxy) is 1. The van der Waals surface area contributed by atoms with E-state index in [1.165, 1.54) is 11.8 Å². The Hall–Kier alpha value is -0.900. The van der Waals surface area contributed by atoms with E-state index in [4.69, 9.17) is 4.74 Å². The van der Waals surface area contributed by atoms with Gasteiger partial charge < -0.3 is 9.64 Å². The SMILES string of the molecule is CC(=O)C(=O)N1CCOC(C)C1. The third-order valence-electron chi connectivity index (χ3n) is 1.83. The molecule has 0 radical (unpaired) electrons. The fraction of sp³-hybridized carbons (Fsp3) is 0.750. The molecule has 1 saturated heterocycles. The molecule has 0 aromatic heterocycles. The number of amides is 1. The van der Waals surface area contributed by atoms with Gasteiger partial charge in [-0.25, -0.2) is 0 Å². The maximum absolute atomic E-state index is 11.2. The van der Waals surface area contributed by atoms with Gasteiger partial charge in [-0.3, -0.25) is 9.59 Å². The van der Waals surface area contributed by atoms with Crippen LogP contribution in [0.1, 0.15) is 13.8 Å². The van der Waals surface area contributed by atoms with Crippen molar-refractivity contribution in [2.45, 2.75) is 20.0 Å². The molecule has 0 bridgehead atoms. The molecule has 1 heterocycles. The molecule has 0 aromatic carbocycles. The third kappa shape index (κ3) is 2.04. The highest BCUT2D eigenvalue weighted by atomic mass is 16.5. The van der Waals surface area contributed by atoms with Crippen LogP contribution in [0, 0.1) is 0 Å². The van der Waals surface area contributed by atoms with E-state index >= 15 is 0 Å². The van der Waals surface area contributed by atoms with Crippen molar-refractivity contribution in [3.63, 3.8) is 0 Å². The lowest BCUT2D eigenvalue weighted by Gasteiger charge is -2.30. The van der Waals surface area contributed by atoms with Crippen molar-refractivity contribution in [2.24, 2.45) is 0 Å². The summed E-state index contributed by atoms with van der Waals surface area (Å²) in [6.07, 6.45) is 0.0436. The summed E-state index contributed by atoms with van der Waals surface area (Å²) in [4.78, 5) is 23.4. The van der Waals surface area contributed by atoms with E-state index in [-0.39, 0.29) is 6.10 Å². The van der Waals surface area contributed by atoms with E-state index in [0.29, 0.717) is 19.7 Å². The van der Waals surface area contributed by atoms with Gasteiger partial charge in [-0.05, 0) is 6.92 Å². The first-order chi connectivity index (χ1) is 5.61. The largest absolute Gasteiger partial charge is 0.375 e. The summed E-state index contributed by atoms with van der Waals surface area (Å²) < 4.78 is 5.23. The Kier molecular flexibility index (Phi) is 2.81. The lowest BCUT2D eigenvalue weighted by Crippen LogP contribution is -2.46. The number of nitrogens with zero attached hydrogens (tertiary/aromatic N) is 1. The fourth-order valence-electron chi connectivity index (χ4n) is 1.23. The minimum Gasteiger partial charge on any atom is -0.375 e. The molecule has 0 aromatic rings. The maximum atomic E-state index is 11.2. The highest BCUT2D eigenvalue weighted by Crippen LogP contribution is 2.04. The van der Waals surface area contributed by atoms with Crippen molar-refractivity contribution in [3.8, 4) is 0 Å². The number of hydrogen-bond acceptors (Lipinski definition) is 3. The molecular weight excluding hydrogens is 158 g/mol. The maximum Gasteiger partial charge on any atom is 0.289 e. The van der Waals surface area contributed by atoms with Crippen LogP contribution in [0.2, 0.25) is 0 Å². The average Bonchev–Trinajstić information content (AvgIpc) is 2.03. The van der Waals surface area contributed by atoms with Crippen molar-refractivity contribution in [3.05, 3.63) is 0 Å². The number of Topliss-reactive ketones (excluding diaryl/α,β-unsaturated/α-hetero) is 1.